The first-order chi connectivity index (χ1) is 11.6. The van der Waals surface area contributed by atoms with Crippen LogP contribution in [0.4, 0.5) is 0 Å². The molecule has 0 aliphatic heterocycles. The van der Waals surface area contributed by atoms with Gasteiger partial charge in [0.25, 0.3) is 0 Å². The van der Waals surface area contributed by atoms with E-state index in [1.54, 1.807) is 24.1 Å². The normalized spacial score (nSPS) is 15.5. The lowest BCUT2D eigenvalue weighted by Gasteiger charge is -2.22. The topological polar surface area (TPSA) is 70.5 Å². The van der Waals surface area contributed by atoms with Crippen LogP contribution in [0.2, 0.25) is 0 Å². The summed E-state index contributed by atoms with van der Waals surface area (Å²) in [6.45, 7) is 1.88. The average Bonchev–Trinajstić information content (AvgIpc) is 3.42. The van der Waals surface area contributed by atoms with E-state index in [1.165, 1.54) is 6.08 Å². The van der Waals surface area contributed by atoms with Crippen LogP contribution in [0.1, 0.15) is 25.3 Å². The number of hydrogen-bond donors (Lipinski definition) is 1. The first kappa shape index (κ1) is 16.2. The van der Waals surface area contributed by atoms with E-state index in [0.29, 0.717) is 0 Å². The highest BCUT2D eigenvalue weighted by atomic mass is 16.4. The van der Waals surface area contributed by atoms with Gasteiger partial charge >= 0.3 is 5.97 Å². The van der Waals surface area contributed by atoms with Gasteiger partial charge in [-0.3, -0.25) is 14.6 Å². The Balaban J connectivity index is 1.79. The van der Waals surface area contributed by atoms with E-state index >= 15 is 0 Å². The fourth-order valence-electron chi connectivity index (χ4n) is 2.70. The van der Waals surface area contributed by atoms with E-state index in [-0.39, 0.29) is 18.5 Å². The quantitative estimate of drug-likeness (QED) is 0.829. The number of rotatable bonds is 6. The standard InChI is InChI=1S/C19H20N2O3/c1-13(19(23)24)12-21(16-8-9-16)17(22)10-7-15-5-2-4-14-6-3-11-20-18(14)15/h2-7,10-11,13,16H,8-9,12H2,1H3,(H,23,24)/b10-7+. The van der Waals surface area contributed by atoms with Gasteiger partial charge in [0, 0.05) is 35.8 Å². The molecule has 1 atom stereocenters. The summed E-state index contributed by atoms with van der Waals surface area (Å²) < 4.78 is 0. The molecule has 0 spiro atoms. The molecule has 2 aromatic rings. The number of amides is 1. The number of aliphatic carboxylic acids is 1. The molecule has 5 heteroatoms. The second kappa shape index (κ2) is 6.83. The molecular formula is C19H20N2O3. The summed E-state index contributed by atoms with van der Waals surface area (Å²) in [6.07, 6.45) is 6.91. The number of hydrogen-bond acceptors (Lipinski definition) is 3. The van der Waals surface area contributed by atoms with Gasteiger partial charge in [0.1, 0.15) is 0 Å². The lowest BCUT2D eigenvalue weighted by molar-refractivity contribution is -0.142. The molecule has 1 aliphatic carbocycles. The largest absolute Gasteiger partial charge is 0.481 e. The molecule has 0 radical (unpaired) electrons. The van der Waals surface area contributed by atoms with E-state index < -0.39 is 11.9 Å². The van der Waals surface area contributed by atoms with Crippen molar-refractivity contribution in [3.05, 3.63) is 48.2 Å². The molecule has 24 heavy (non-hydrogen) atoms. The molecule has 0 saturated heterocycles. The number of carbonyl (C=O) groups excluding carboxylic acids is 1. The Bertz CT molecular complexity index is 791. The van der Waals surface area contributed by atoms with Crippen molar-refractivity contribution in [3.63, 3.8) is 0 Å². The predicted octanol–water partition coefficient (Wildman–Crippen LogP) is 2.96. The number of aromatic nitrogens is 1. The molecular weight excluding hydrogens is 304 g/mol. The summed E-state index contributed by atoms with van der Waals surface area (Å²) in [5.41, 5.74) is 1.73. The van der Waals surface area contributed by atoms with Crippen molar-refractivity contribution in [3.8, 4) is 0 Å². The minimum Gasteiger partial charge on any atom is -0.481 e. The monoisotopic (exact) mass is 324 g/mol. The number of pyridine rings is 1. The summed E-state index contributed by atoms with van der Waals surface area (Å²) in [5, 5.41) is 10.1. The van der Waals surface area contributed by atoms with Gasteiger partial charge in [-0.15, -0.1) is 0 Å². The Morgan fingerprint density at radius 2 is 2.08 bits per heavy atom. The second-order valence-corrected chi connectivity index (χ2v) is 6.22. The van der Waals surface area contributed by atoms with Crippen LogP contribution in [0.5, 0.6) is 0 Å². The van der Waals surface area contributed by atoms with Gasteiger partial charge in [-0.05, 0) is 25.0 Å². The zero-order valence-corrected chi connectivity index (χ0v) is 13.6. The SMILES string of the molecule is CC(CN(C(=O)/C=C/c1cccc2cccnc12)C1CC1)C(=O)O. The summed E-state index contributed by atoms with van der Waals surface area (Å²) in [6, 6.07) is 9.86. The molecule has 5 nitrogen and oxygen atoms in total. The lowest BCUT2D eigenvalue weighted by atomic mass is 10.1. The smallest absolute Gasteiger partial charge is 0.308 e. The average molecular weight is 324 g/mol. The Morgan fingerprint density at radius 1 is 1.33 bits per heavy atom. The highest BCUT2D eigenvalue weighted by Crippen LogP contribution is 2.28. The molecule has 124 valence electrons. The number of nitrogens with zero attached hydrogens (tertiary/aromatic N) is 2. The van der Waals surface area contributed by atoms with Crippen molar-refractivity contribution in [2.75, 3.05) is 6.54 Å². The molecule has 1 saturated carbocycles. The first-order valence-electron chi connectivity index (χ1n) is 8.11. The maximum absolute atomic E-state index is 12.5. The number of fused-ring (bicyclic) bond motifs is 1. The number of carboxylic acid groups (broad SMARTS) is 1. The second-order valence-electron chi connectivity index (χ2n) is 6.22. The maximum Gasteiger partial charge on any atom is 0.308 e. The van der Waals surface area contributed by atoms with Crippen molar-refractivity contribution < 1.29 is 14.7 Å². The number of carbonyl (C=O) groups is 2. The third-order valence-electron chi connectivity index (χ3n) is 4.23. The Kier molecular flexibility index (Phi) is 4.60. The van der Waals surface area contributed by atoms with E-state index in [0.717, 1.165) is 29.3 Å². The van der Waals surface area contributed by atoms with Crippen LogP contribution < -0.4 is 0 Å². The van der Waals surface area contributed by atoms with Crippen molar-refractivity contribution in [2.45, 2.75) is 25.8 Å². The highest BCUT2D eigenvalue weighted by Gasteiger charge is 2.33. The molecule has 1 aliphatic rings. The molecule has 3 rings (SSSR count). The van der Waals surface area contributed by atoms with Crippen molar-refractivity contribution in [1.29, 1.82) is 0 Å². The van der Waals surface area contributed by atoms with E-state index in [1.807, 2.05) is 30.3 Å². The highest BCUT2D eigenvalue weighted by molar-refractivity contribution is 5.95. The van der Waals surface area contributed by atoms with Crippen LogP contribution in [0, 0.1) is 5.92 Å². The van der Waals surface area contributed by atoms with Gasteiger partial charge in [0.2, 0.25) is 5.91 Å². The van der Waals surface area contributed by atoms with Crippen LogP contribution in [-0.4, -0.2) is 39.5 Å². The van der Waals surface area contributed by atoms with Gasteiger partial charge in [-0.25, -0.2) is 0 Å². The van der Waals surface area contributed by atoms with Gasteiger partial charge in [0.15, 0.2) is 0 Å². The molecule has 1 heterocycles. The first-order valence-corrected chi connectivity index (χ1v) is 8.11. The van der Waals surface area contributed by atoms with Gasteiger partial charge in [-0.2, -0.15) is 0 Å². The molecule has 1 aromatic heterocycles. The summed E-state index contributed by atoms with van der Waals surface area (Å²) in [7, 11) is 0. The third kappa shape index (κ3) is 3.62. The van der Waals surface area contributed by atoms with E-state index in [4.69, 9.17) is 5.11 Å². The molecule has 1 fully saturated rings. The van der Waals surface area contributed by atoms with Gasteiger partial charge < -0.3 is 10.0 Å². The predicted molar refractivity (Wildman–Crippen MR) is 92.3 cm³/mol. The van der Waals surface area contributed by atoms with E-state index in [9.17, 15) is 9.59 Å². The van der Waals surface area contributed by atoms with Crippen molar-refractivity contribution in [2.24, 2.45) is 5.92 Å². The van der Waals surface area contributed by atoms with Crippen LogP contribution in [-0.2, 0) is 9.59 Å². The molecule has 1 amide bonds. The number of carboxylic acids is 1. The van der Waals surface area contributed by atoms with Gasteiger partial charge in [-0.1, -0.05) is 31.2 Å². The molecule has 1 N–H and O–H groups in total. The van der Waals surface area contributed by atoms with Gasteiger partial charge in [0.05, 0.1) is 11.4 Å². The van der Waals surface area contributed by atoms with Crippen LogP contribution in [0.25, 0.3) is 17.0 Å². The number of benzene rings is 1. The zero-order chi connectivity index (χ0) is 17.1. The molecule has 0 bridgehead atoms. The van der Waals surface area contributed by atoms with Crippen molar-refractivity contribution in [1.82, 2.24) is 9.88 Å². The fraction of sp³-hybridized carbons (Fsp3) is 0.316. The summed E-state index contributed by atoms with van der Waals surface area (Å²) >= 11 is 0. The molecule has 1 aromatic carbocycles. The lowest BCUT2D eigenvalue weighted by Crippen LogP contribution is -2.37. The Morgan fingerprint density at radius 3 is 2.79 bits per heavy atom. The van der Waals surface area contributed by atoms with Crippen LogP contribution >= 0.6 is 0 Å². The van der Waals surface area contributed by atoms with E-state index in [2.05, 4.69) is 4.98 Å². The fourth-order valence-corrected chi connectivity index (χ4v) is 2.70. The minimum atomic E-state index is -0.879. The molecule has 1 unspecified atom stereocenters. The minimum absolute atomic E-state index is 0.140. The summed E-state index contributed by atoms with van der Waals surface area (Å²) in [4.78, 5) is 29.6. The Labute approximate surface area is 140 Å². The maximum atomic E-state index is 12.5. The van der Waals surface area contributed by atoms with Crippen LogP contribution in [0.15, 0.2) is 42.6 Å². The summed E-state index contributed by atoms with van der Waals surface area (Å²) in [5.74, 6) is -1.59. The zero-order valence-electron chi connectivity index (χ0n) is 13.6. The third-order valence-corrected chi connectivity index (χ3v) is 4.23. The number of para-hydroxylation sites is 1. The Hall–Kier alpha value is -2.69. The van der Waals surface area contributed by atoms with Crippen molar-refractivity contribution >= 4 is 28.9 Å². The van der Waals surface area contributed by atoms with Crippen LogP contribution in [0.3, 0.4) is 0 Å².